The fourth-order valence-corrected chi connectivity index (χ4v) is 2.94. The number of hydrogen-bond acceptors (Lipinski definition) is 5. The molecule has 1 atom stereocenters. The summed E-state index contributed by atoms with van der Waals surface area (Å²) in [7, 11) is 5.50. The lowest BCUT2D eigenvalue weighted by Gasteiger charge is -2.40. The highest BCUT2D eigenvalue weighted by molar-refractivity contribution is 5.58. The summed E-state index contributed by atoms with van der Waals surface area (Å²) in [6.07, 6.45) is 0. The van der Waals surface area contributed by atoms with Crippen LogP contribution in [-0.2, 0) is 4.74 Å². The molecule has 1 aromatic rings. The third kappa shape index (κ3) is 4.09. The summed E-state index contributed by atoms with van der Waals surface area (Å²) >= 11 is 0. The number of nitrogens with one attached hydrogen (secondary N) is 1. The fourth-order valence-electron chi connectivity index (χ4n) is 2.94. The summed E-state index contributed by atoms with van der Waals surface area (Å²) in [4.78, 5) is 4.91. The molecular weight excluding hydrogens is 266 g/mol. The van der Waals surface area contributed by atoms with E-state index in [1.54, 1.807) is 14.2 Å². The zero-order chi connectivity index (χ0) is 15.1. The maximum atomic E-state index is 5.46. The molecule has 0 radical (unpaired) electrons. The SMILES string of the molecule is CNCC(COC)N1CCN(c2ccccc2OC)CC1. The summed E-state index contributed by atoms with van der Waals surface area (Å²) in [5.41, 5.74) is 1.19. The third-order valence-corrected chi connectivity index (χ3v) is 4.06. The molecule has 0 saturated carbocycles. The molecule has 1 aliphatic rings. The number of anilines is 1. The number of nitrogens with zero attached hydrogens (tertiary/aromatic N) is 2. The van der Waals surface area contributed by atoms with Crippen LogP contribution in [0.5, 0.6) is 5.75 Å². The summed E-state index contributed by atoms with van der Waals surface area (Å²) in [6.45, 7) is 5.87. The van der Waals surface area contributed by atoms with Crippen molar-refractivity contribution in [1.29, 1.82) is 0 Å². The number of benzene rings is 1. The zero-order valence-electron chi connectivity index (χ0n) is 13.3. The van der Waals surface area contributed by atoms with Gasteiger partial charge in [-0.2, -0.15) is 0 Å². The quantitative estimate of drug-likeness (QED) is 0.813. The Balaban J connectivity index is 1.96. The monoisotopic (exact) mass is 293 g/mol. The summed E-state index contributed by atoms with van der Waals surface area (Å²) in [5.74, 6) is 0.953. The summed E-state index contributed by atoms with van der Waals surface area (Å²) in [5, 5.41) is 3.26. The van der Waals surface area contributed by atoms with E-state index in [4.69, 9.17) is 9.47 Å². The Bertz CT molecular complexity index is 414. The molecule has 1 fully saturated rings. The molecule has 0 aromatic heterocycles. The Labute approximate surface area is 127 Å². The van der Waals surface area contributed by atoms with Gasteiger partial charge in [-0.25, -0.2) is 0 Å². The van der Waals surface area contributed by atoms with Crippen LogP contribution in [-0.4, -0.2) is 71.5 Å². The number of ether oxygens (including phenoxy) is 2. The Hall–Kier alpha value is -1.30. The predicted molar refractivity (Wildman–Crippen MR) is 86.4 cm³/mol. The molecule has 118 valence electrons. The van der Waals surface area contributed by atoms with Crippen molar-refractivity contribution in [2.24, 2.45) is 0 Å². The van der Waals surface area contributed by atoms with Gasteiger partial charge in [0, 0.05) is 45.9 Å². The minimum Gasteiger partial charge on any atom is -0.495 e. The van der Waals surface area contributed by atoms with Crippen LogP contribution >= 0.6 is 0 Å². The minimum atomic E-state index is 0.444. The molecular formula is C16H27N3O2. The standard InChI is InChI=1S/C16H27N3O2/c1-17-12-14(13-20-2)18-8-10-19(11-9-18)15-6-4-5-7-16(15)21-3/h4-7,14,17H,8-13H2,1-3H3. The fraction of sp³-hybridized carbons (Fsp3) is 0.625. The van der Waals surface area contributed by atoms with Crippen LogP contribution in [0.25, 0.3) is 0 Å². The molecule has 0 amide bonds. The highest BCUT2D eigenvalue weighted by Crippen LogP contribution is 2.28. The number of piperazine rings is 1. The van der Waals surface area contributed by atoms with Crippen LogP contribution in [0.4, 0.5) is 5.69 Å². The zero-order valence-corrected chi connectivity index (χ0v) is 13.3. The second-order valence-corrected chi connectivity index (χ2v) is 5.36. The molecule has 1 N–H and O–H groups in total. The van der Waals surface area contributed by atoms with Gasteiger partial charge in [0.2, 0.25) is 0 Å². The van der Waals surface area contributed by atoms with Gasteiger partial charge in [-0.1, -0.05) is 12.1 Å². The molecule has 0 spiro atoms. The number of likely N-dealkylation sites (N-methyl/N-ethyl adjacent to an activating group) is 1. The molecule has 21 heavy (non-hydrogen) atoms. The average Bonchev–Trinajstić information content (AvgIpc) is 2.55. The topological polar surface area (TPSA) is 37.0 Å². The van der Waals surface area contributed by atoms with Gasteiger partial charge in [-0.15, -0.1) is 0 Å². The first-order valence-electron chi connectivity index (χ1n) is 7.55. The van der Waals surface area contributed by atoms with E-state index in [1.165, 1.54) is 5.69 Å². The van der Waals surface area contributed by atoms with Crippen molar-refractivity contribution < 1.29 is 9.47 Å². The van der Waals surface area contributed by atoms with Crippen LogP contribution < -0.4 is 15.0 Å². The van der Waals surface area contributed by atoms with Crippen LogP contribution in [0.15, 0.2) is 24.3 Å². The highest BCUT2D eigenvalue weighted by Gasteiger charge is 2.24. The van der Waals surface area contributed by atoms with E-state index in [0.29, 0.717) is 6.04 Å². The molecule has 2 rings (SSSR count). The van der Waals surface area contributed by atoms with Crippen molar-refractivity contribution in [3.05, 3.63) is 24.3 Å². The van der Waals surface area contributed by atoms with Gasteiger partial charge in [-0.05, 0) is 19.2 Å². The van der Waals surface area contributed by atoms with E-state index < -0.39 is 0 Å². The average molecular weight is 293 g/mol. The molecule has 0 bridgehead atoms. The Morgan fingerprint density at radius 1 is 1.14 bits per heavy atom. The second kappa shape index (κ2) is 8.22. The normalized spacial score (nSPS) is 17.8. The number of rotatable bonds is 7. The summed E-state index contributed by atoms with van der Waals surface area (Å²) < 4.78 is 10.8. The highest BCUT2D eigenvalue weighted by atomic mass is 16.5. The second-order valence-electron chi connectivity index (χ2n) is 5.36. The van der Waals surface area contributed by atoms with Crippen LogP contribution in [0.3, 0.4) is 0 Å². The van der Waals surface area contributed by atoms with Crippen molar-refractivity contribution in [2.45, 2.75) is 6.04 Å². The number of para-hydroxylation sites is 2. The molecule has 1 unspecified atom stereocenters. The van der Waals surface area contributed by atoms with Crippen LogP contribution in [0, 0.1) is 0 Å². The molecule has 1 aliphatic heterocycles. The maximum absolute atomic E-state index is 5.46. The van der Waals surface area contributed by atoms with Crippen molar-refractivity contribution >= 4 is 5.69 Å². The van der Waals surface area contributed by atoms with E-state index in [2.05, 4.69) is 27.2 Å². The van der Waals surface area contributed by atoms with E-state index >= 15 is 0 Å². The Morgan fingerprint density at radius 2 is 1.86 bits per heavy atom. The lowest BCUT2D eigenvalue weighted by Crippen LogP contribution is -2.54. The van der Waals surface area contributed by atoms with Crippen molar-refractivity contribution in [1.82, 2.24) is 10.2 Å². The third-order valence-electron chi connectivity index (χ3n) is 4.06. The molecule has 1 aromatic carbocycles. The van der Waals surface area contributed by atoms with Gasteiger partial charge in [0.05, 0.1) is 19.4 Å². The number of methoxy groups -OCH3 is 2. The first-order valence-corrected chi connectivity index (χ1v) is 7.55. The molecule has 5 heteroatoms. The molecule has 0 aliphatic carbocycles. The smallest absolute Gasteiger partial charge is 0.142 e. The van der Waals surface area contributed by atoms with Crippen LogP contribution in [0.1, 0.15) is 0 Å². The van der Waals surface area contributed by atoms with E-state index in [-0.39, 0.29) is 0 Å². The van der Waals surface area contributed by atoms with Gasteiger partial charge in [0.25, 0.3) is 0 Å². The summed E-state index contributed by atoms with van der Waals surface area (Å²) in [6, 6.07) is 8.68. The first-order chi connectivity index (χ1) is 10.3. The molecule has 1 heterocycles. The van der Waals surface area contributed by atoms with Gasteiger partial charge >= 0.3 is 0 Å². The van der Waals surface area contributed by atoms with Crippen molar-refractivity contribution in [3.8, 4) is 5.75 Å². The lowest BCUT2D eigenvalue weighted by molar-refractivity contribution is 0.0862. The van der Waals surface area contributed by atoms with Gasteiger partial charge in [0.1, 0.15) is 5.75 Å². The van der Waals surface area contributed by atoms with E-state index in [9.17, 15) is 0 Å². The van der Waals surface area contributed by atoms with E-state index in [0.717, 1.165) is 45.1 Å². The van der Waals surface area contributed by atoms with E-state index in [1.807, 2.05) is 19.2 Å². The first kappa shape index (κ1) is 16.1. The molecule has 5 nitrogen and oxygen atoms in total. The van der Waals surface area contributed by atoms with Gasteiger partial charge < -0.3 is 19.7 Å². The largest absolute Gasteiger partial charge is 0.495 e. The number of hydrogen-bond donors (Lipinski definition) is 1. The lowest BCUT2D eigenvalue weighted by atomic mass is 10.2. The molecule has 1 saturated heterocycles. The Kier molecular flexibility index (Phi) is 6.29. The maximum Gasteiger partial charge on any atom is 0.142 e. The Morgan fingerprint density at radius 3 is 2.48 bits per heavy atom. The van der Waals surface area contributed by atoms with Crippen LogP contribution in [0.2, 0.25) is 0 Å². The predicted octanol–water partition coefficient (Wildman–Crippen LogP) is 1.05. The van der Waals surface area contributed by atoms with Crippen molar-refractivity contribution in [2.75, 3.05) is 65.5 Å². The van der Waals surface area contributed by atoms with Gasteiger partial charge in [0.15, 0.2) is 0 Å². The minimum absolute atomic E-state index is 0.444. The van der Waals surface area contributed by atoms with Gasteiger partial charge in [-0.3, -0.25) is 4.90 Å². The van der Waals surface area contributed by atoms with Crippen molar-refractivity contribution in [3.63, 3.8) is 0 Å².